The quantitative estimate of drug-likeness (QED) is 0.558. The van der Waals surface area contributed by atoms with Crippen molar-refractivity contribution in [3.8, 4) is 5.75 Å². The van der Waals surface area contributed by atoms with Crippen LogP contribution in [0.4, 0.5) is 11.5 Å². The first-order valence-corrected chi connectivity index (χ1v) is 11.9. The monoisotopic (exact) mass is 497 g/mol. The molecular weight excluding hydrogens is 473 g/mol. The molecule has 2 aromatic carbocycles. The van der Waals surface area contributed by atoms with Crippen LogP contribution in [0.5, 0.6) is 5.75 Å². The topological polar surface area (TPSA) is 62.6 Å². The van der Waals surface area contributed by atoms with E-state index in [1.54, 1.807) is 19.4 Å². The lowest BCUT2D eigenvalue weighted by Crippen LogP contribution is -2.50. The molecule has 0 bridgehead atoms. The van der Waals surface area contributed by atoms with Gasteiger partial charge in [0.05, 0.1) is 28.9 Å². The molecule has 3 aromatic rings. The minimum atomic E-state index is -0.398. The highest BCUT2D eigenvalue weighted by atomic mass is 35.5. The maximum absolute atomic E-state index is 13.9. The van der Waals surface area contributed by atoms with Crippen molar-refractivity contribution in [3.63, 3.8) is 0 Å². The summed E-state index contributed by atoms with van der Waals surface area (Å²) in [6, 6.07) is 15.0. The van der Waals surface area contributed by atoms with Crippen molar-refractivity contribution >= 4 is 40.6 Å². The van der Waals surface area contributed by atoms with Crippen LogP contribution in [0.2, 0.25) is 10.0 Å². The van der Waals surface area contributed by atoms with Crippen LogP contribution in [0.1, 0.15) is 18.5 Å². The highest BCUT2D eigenvalue weighted by molar-refractivity contribution is 6.42. The van der Waals surface area contributed by atoms with Gasteiger partial charge in [0.25, 0.3) is 5.91 Å². The lowest BCUT2D eigenvalue weighted by atomic mass is 9.94. The van der Waals surface area contributed by atoms with Crippen LogP contribution in [-0.2, 0) is 4.79 Å². The predicted molar refractivity (Wildman–Crippen MR) is 135 cm³/mol. The van der Waals surface area contributed by atoms with Crippen molar-refractivity contribution in [1.29, 1.82) is 0 Å². The smallest absolute Gasteiger partial charge is 0.254 e. The summed E-state index contributed by atoms with van der Waals surface area (Å²) in [7, 11) is 1.67. The van der Waals surface area contributed by atoms with Gasteiger partial charge in [-0.1, -0.05) is 35.3 Å². The molecule has 1 N–H and O–H groups in total. The number of benzene rings is 2. The summed E-state index contributed by atoms with van der Waals surface area (Å²) in [5, 5.41) is 8.75. The molecule has 1 aromatic heterocycles. The van der Waals surface area contributed by atoms with E-state index < -0.39 is 6.04 Å². The number of halogens is 2. The van der Waals surface area contributed by atoms with E-state index in [1.807, 2.05) is 52.9 Å². The molecule has 2 aliphatic rings. The molecule has 2 aliphatic heterocycles. The molecule has 1 atom stereocenters. The number of ether oxygens (including phenoxy) is 1. The van der Waals surface area contributed by atoms with Gasteiger partial charge in [0, 0.05) is 49.7 Å². The number of carbonyl (C=O) groups excluding carboxylic acids is 1. The maximum Gasteiger partial charge on any atom is 0.254 e. The largest absolute Gasteiger partial charge is 0.497 e. The van der Waals surface area contributed by atoms with Crippen molar-refractivity contribution in [2.75, 3.05) is 43.5 Å². The Labute approximate surface area is 208 Å². The van der Waals surface area contributed by atoms with Crippen molar-refractivity contribution in [2.45, 2.75) is 13.0 Å². The van der Waals surface area contributed by atoms with Crippen molar-refractivity contribution in [2.24, 2.45) is 0 Å². The summed E-state index contributed by atoms with van der Waals surface area (Å²) in [6.07, 6.45) is 1.72. The van der Waals surface area contributed by atoms with E-state index in [-0.39, 0.29) is 5.91 Å². The van der Waals surface area contributed by atoms with Gasteiger partial charge >= 0.3 is 0 Å². The fourth-order valence-electron chi connectivity index (χ4n) is 4.62. The number of anilines is 2. The lowest BCUT2D eigenvalue weighted by molar-refractivity contribution is -0.128. The van der Waals surface area contributed by atoms with Gasteiger partial charge in [0.1, 0.15) is 17.6 Å². The zero-order chi connectivity index (χ0) is 23.8. The fraction of sp³-hybridized carbons (Fsp3) is 0.280. The number of carbonyl (C=O) groups is 1. The molecular formula is C25H25Cl2N5O2. The highest BCUT2D eigenvalue weighted by Crippen LogP contribution is 2.38. The summed E-state index contributed by atoms with van der Waals surface area (Å²) >= 11 is 12.5. The molecule has 0 aliphatic carbocycles. The Kier molecular flexibility index (Phi) is 6.15. The van der Waals surface area contributed by atoms with Gasteiger partial charge in [0.2, 0.25) is 0 Å². The zero-order valence-electron chi connectivity index (χ0n) is 19.0. The van der Waals surface area contributed by atoms with Gasteiger partial charge in [-0.25, -0.2) is 4.68 Å². The number of piperazine rings is 1. The van der Waals surface area contributed by atoms with E-state index in [9.17, 15) is 4.79 Å². The zero-order valence-corrected chi connectivity index (χ0v) is 20.5. The van der Waals surface area contributed by atoms with Crippen LogP contribution in [0, 0.1) is 0 Å². The Hall–Kier alpha value is -3.16. The molecule has 1 amide bonds. The van der Waals surface area contributed by atoms with Gasteiger partial charge in [0.15, 0.2) is 0 Å². The number of aromatic nitrogens is 2. The van der Waals surface area contributed by atoms with Gasteiger partial charge in [-0.15, -0.1) is 0 Å². The van der Waals surface area contributed by atoms with Gasteiger partial charge in [-0.2, -0.15) is 5.10 Å². The van der Waals surface area contributed by atoms with E-state index in [2.05, 4.69) is 21.4 Å². The standard InChI is InChI=1S/C25H25Cl2N5O2/c1-16-23(24(32-22(29-16)8-9-28-32)17-6-7-20(26)21(27)14-17)25(33)31-12-10-30(11-13-31)18-4-3-5-19(15-18)34-2/h3-9,14-15,24,29H,10-13H2,1-2H3. The Morgan fingerprint density at radius 3 is 2.59 bits per heavy atom. The number of hydrogen-bond acceptors (Lipinski definition) is 5. The summed E-state index contributed by atoms with van der Waals surface area (Å²) in [4.78, 5) is 18.0. The van der Waals surface area contributed by atoms with E-state index in [4.69, 9.17) is 27.9 Å². The van der Waals surface area contributed by atoms with Crippen LogP contribution in [0.15, 0.2) is 66.0 Å². The third kappa shape index (κ3) is 4.10. The third-order valence-electron chi connectivity index (χ3n) is 6.38. The van der Waals surface area contributed by atoms with Gasteiger partial charge in [-0.3, -0.25) is 4.79 Å². The number of rotatable bonds is 4. The van der Waals surface area contributed by atoms with Gasteiger partial charge < -0.3 is 19.9 Å². The van der Waals surface area contributed by atoms with Crippen LogP contribution in [0.3, 0.4) is 0 Å². The average Bonchev–Trinajstić information content (AvgIpc) is 3.32. The first-order chi connectivity index (χ1) is 16.5. The number of hydrogen-bond donors (Lipinski definition) is 1. The van der Waals surface area contributed by atoms with Crippen molar-refractivity contribution in [1.82, 2.24) is 14.7 Å². The van der Waals surface area contributed by atoms with Crippen LogP contribution in [-0.4, -0.2) is 53.9 Å². The average molecular weight is 498 g/mol. The SMILES string of the molecule is COc1cccc(N2CCN(C(=O)C3=C(C)Nc4ccnn4C3c3ccc(Cl)c(Cl)c3)CC2)c1. The molecule has 0 saturated carbocycles. The molecule has 9 heteroatoms. The highest BCUT2D eigenvalue weighted by Gasteiger charge is 2.36. The van der Waals surface area contributed by atoms with Crippen molar-refractivity contribution < 1.29 is 9.53 Å². The summed E-state index contributed by atoms with van der Waals surface area (Å²) in [6.45, 7) is 4.65. The van der Waals surface area contributed by atoms with Crippen molar-refractivity contribution in [3.05, 3.63) is 81.6 Å². The van der Waals surface area contributed by atoms with E-state index in [0.717, 1.165) is 41.6 Å². The number of fused-ring (bicyclic) bond motifs is 1. The third-order valence-corrected chi connectivity index (χ3v) is 7.12. The second kappa shape index (κ2) is 9.24. The van der Waals surface area contributed by atoms with E-state index in [0.29, 0.717) is 28.7 Å². The molecule has 1 fully saturated rings. The molecule has 1 saturated heterocycles. The second-order valence-corrected chi connectivity index (χ2v) is 9.20. The summed E-state index contributed by atoms with van der Waals surface area (Å²) in [5.41, 5.74) is 3.42. The molecule has 3 heterocycles. The van der Waals surface area contributed by atoms with Crippen LogP contribution in [0.25, 0.3) is 0 Å². The lowest BCUT2D eigenvalue weighted by Gasteiger charge is -2.38. The number of allylic oxidation sites excluding steroid dienone is 1. The normalized spacial score (nSPS) is 17.9. The summed E-state index contributed by atoms with van der Waals surface area (Å²) in [5.74, 6) is 1.64. The Morgan fingerprint density at radius 2 is 1.85 bits per heavy atom. The number of nitrogens with one attached hydrogen (secondary N) is 1. The minimum Gasteiger partial charge on any atom is -0.497 e. The Balaban J connectivity index is 1.41. The number of methoxy groups -OCH3 is 1. The second-order valence-electron chi connectivity index (χ2n) is 8.38. The first kappa shape index (κ1) is 22.6. The molecule has 0 spiro atoms. The number of amides is 1. The Bertz CT molecular complexity index is 1260. The van der Waals surface area contributed by atoms with E-state index >= 15 is 0 Å². The van der Waals surface area contributed by atoms with Gasteiger partial charge in [-0.05, 0) is 36.8 Å². The predicted octanol–water partition coefficient (Wildman–Crippen LogP) is 4.84. The minimum absolute atomic E-state index is 0.00693. The molecule has 176 valence electrons. The Morgan fingerprint density at radius 1 is 1.06 bits per heavy atom. The molecule has 0 radical (unpaired) electrons. The molecule has 5 rings (SSSR count). The fourth-order valence-corrected chi connectivity index (χ4v) is 4.93. The van der Waals surface area contributed by atoms with Crippen LogP contribution >= 0.6 is 23.2 Å². The number of nitrogens with zero attached hydrogens (tertiary/aromatic N) is 4. The molecule has 34 heavy (non-hydrogen) atoms. The first-order valence-electron chi connectivity index (χ1n) is 11.1. The van der Waals surface area contributed by atoms with E-state index in [1.165, 1.54) is 0 Å². The maximum atomic E-state index is 13.9. The van der Waals surface area contributed by atoms with Crippen LogP contribution < -0.4 is 15.0 Å². The molecule has 7 nitrogen and oxygen atoms in total. The molecule has 1 unspecified atom stereocenters. The summed E-state index contributed by atoms with van der Waals surface area (Å²) < 4.78 is 7.18.